The SMILES string of the molecule is Cc1nn(-c2ccccc2)c2c(C#N)c(N)n(N)c(=S)c12. The van der Waals surface area contributed by atoms with Gasteiger partial charge >= 0.3 is 0 Å². The van der Waals surface area contributed by atoms with E-state index in [4.69, 9.17) is 23.8 Å². The standard InChI is InChI=1S/C14H12N6S/c1-8-11-12(10(7-15)13(16)19(17)14(11)21)20(18-8)9-5-3-2-4-6-9/h2-6H,16-17H2,1H3. The average molecular weight is 296 g/mol. The van der Waals surface area contributed by atoms with Gasteiger partial charge in [-0.2, -0.15) is 10.4 Å². The van der Waals surface area contributed by atoms with Gasteiger partial charge in [-0.25, -0.2) is 9.36 Å². The average Bonchev–Trinajstić information content (AvgIpc) is 2.84. The van der Waals surface area contributed by atoms with Gasteiger partial charge in [0.1, 0.15) is 22.1 Å². The highest BCUT2D eigenvalue weighted by atomic mass is 32.1. The largest absolute Gasteiger partial charge is 0.383 e. The summed E-state index contributed by atoms with van der Waals surface area (Å²) < 4.78 is 3.19. The number of nitrogens with two attached hydrogens (primary N) is 2. The first-order chi connectivity index (χ1) is 10.1. The molecule has 0 atom stereocenters. The van der Waals surface area contributed by atoms with Crippen LogP contribution in [0.15, 0.2) is 30.3 Å². The molecule has 7 heteroatoms. The lowest BCUT2D eigenvalue weighted by atomic mass is 10.1. The summed E-state index contributed by atoms with van der Waals surface area (Å²) in [5.41, 5.74) is 8.31. The van der Waals surface area contributed by atoms with Gasteiger partial charge in [0.25, 0.3) is 0 Å². The van der Waals surface area contributed by atoms with E-state index in [2.05, 4.69) is 11.2 Å². The van der Waals surface area contributed by atoms with E-state index in [9.17, 15) is 5.26 Å². The van der Waals surface area contributed by atoms with Gasteiger partial charge < -0.3 is 11.6 Å². The number of fused-ring (bicyclic) bond motifs is 1. The Bertz CT molecular complexity index is 946. The van der Waals surface area contributed by atoms with Gasteiger partial charge in [-0.3, -0.25) is 0 Å². The van der Waals surface area contributed by atoms with Crippen LogP contribution in [0.1, 0.15) is 11.3 Å². The van der Waals surface area contributed by atoms with Crippen molar-refractivity contribution in [2.24, 2.45) is 0 Å². The Morgan fingerprint density at radius 1 is 1.29 bits per heavy atom. The Morgan fingerprint density at radius 2 is 1.95 bits per heavy atom. The van der Waals surface area contributed by atoms with E-state index >= 15 is 0 Å². The summed E-state index contributed by atoms with van der Waals surface area (Å²) >= 11 is 5.34. The molecule has 0 unspecified atom stereocenters. The summed E-state index contributed by atoms with van der Waals surface area (Å²) in [6.07, 6.45) is 0. The number of aryl methyl sites for hydroxylation is 1. The van der Waals surface area contributed by atoms with Crippen LogP contribution in [0.3, 0.4) is 0 Å². The molecular weight excluding hydrogens is 284 g/mol. The van der Waals surface area contributed by atoms with E-state index in [1.165, 1.54) is 0 Å². The molecule has 0 radical (unpaired) electrons. The molecule has 3 rings (SSSR count). The van der Waals surface area contributed by atoms with Gasteiger partial charge in [0.15, 0.2) is 0 Å². The summed E-state index contributed by atoms with van der Waals surface area (Å²) in [7, 11) is 0. The molecule has 3 aromatic rings. The van der Waals surface area contributed by atoms with E-state index < -0.39 is 0 Å². The number of nitrogens with zero attached hydrogens (tertiary/aromatic N) is 4. The summed E-state index contributed by atoms with van der Waals surface area (Å²) in [6, 6.07) is 11.6. The second-order valence-corrected chi connectivity index (χ2v) is 4.99. The minimum Gasteiger partial charge on any atom is -0.383 e. The molecule has 0 bridgehead atoms. The van der Waals surface area contributed by atoms with Gasteiger partial charge in [0.2, 0.25) is 0 Å². The molecule has 0 amide bonds. The summed E-state index contributed by atoms with van der Waals surface area (Å²) in [4.78, 5) is 0. The van der Waals surface area contributed by atoms with Crippen LogP contribution in [-0.2, 0) is 0 Å². The maximum atomic E-state index is 9.44. The molecule has 0 aliphatic heterocycles. The maximum absolute atomic E-state index is 9.44. The molecule has 21 heavy (non-hydrogen) atoms. The van der Waals surface area contributed by atoms with Crippen molar-refractivity contribution in [3.63, 3.8) is 0 Å². The first kappa shape index (κ1) is 13.1. The number of benzene rings is 1. The van der Waals surface area contributed by atoms with Crippen LogP contribution in [0, 0.1) is 22.9 Å². The van der Waals surface area contributed by atoms with Crippen LogP contribution in [0.5, 0.6) is 0 Å². The third kappa shape index (κ3) is 1.77. The maximum Gasteiger partial charge on any atom is 0.143 e. The molecule has 0 saturated carbocycles. The van der Waals surface area contributed by atoms with Crippen LogP contribution >= 0.6 is 12.2 Å². The molecule has 104 valence electrons. The number of pyridine rings is 1. The fraction of sp³-hybridized carbons (Fsp3) is 0.0714. The number of aromatic nitrogens is 3. The molecule has 0 aliphatic rings. The highest BCUT2D eigenvalue weighted by molar-refractivity contribution is 7.71. The lowest BCUT2D eigenvalue weighted by Crippen LogP contribution is -2.17. The van der Waals surface area contributed by atoms with E-state index in [0.29, 0.717) is 21.2 Å². The summed E-state index contributed by atoms with van der Waals surface area (Å²) in [5, 5.41) is 14.6. The van der Waals surface area contributed by atoms with Crippen LogP contribution in [0.2, 0.25) is 0 Å². The first-order valence-corrected chi connectivity index (χ1v) is 6.61. The number of nitriles is 1. The third-order valence-corrected chi connectivity index (χ3v) is 3.76. The fourth-order valence-corrected chi connectivity index (χ4v) is 2.69. The minimum atomic E-state index is 0.132. The zero-order valence-corrected chi connectivity index (χ0v) is 12.1. The van der Waals surface area contributed by atoms with Crippen molar-refractivity contribution < 1.29 is 0 Å². The molecule has 2 heterocycles. The van der Waals surface area contributed by atoms with Gasteiger partial charge in [-0.15, -0.1) is 0 Å². The second-order valence-electron chi connectivity index (χ2n) is 4.60. The Hall–Kier alpha value is -2.85. The van der Waals surface area contributed by atoms with Crippen molar-refractivity contribution >= 4 is 28.9 Å². The van der Waals surface area contributed by atoms with Crippen LogP contribution in [0.4, 0.5) is 5.82 Å². The lowest BCUT2D eigenvalue weighted by Gasteiger charge is -2.10. The van der Waals surface area contributed by atoms with Crippen LogP contribution in [-0.4, -0.2) is 14.5 Å². The number of anilines is 1. The van der Waals surface area contributed by atoms with Crippen molar-refractivity contribution in [1.29, 1.82) is 5.26 Å². The minimum absolute atomic E-state index is 0.132. The zero-order chi connectivity index (χ0) is 15.1. The third-order valence-electron chi connectivity index (χ3n) is 3.36. The Morgan fingerprint density at radius 3 is 2.57 bits per heavy atom. The molecule has 6 nitrogen and oxygen atoms in total. The highest BCUT2D eigenvalue weighted by Crippen LogP contribution is 2.28. The van der Waals surface area contributed by atoms with E-state index in [-0.39, 0.29) is 11.4 Å². The van der Waals surface area contributed by atoms with Crippen LogP contribution < -0.4 is 11.6 Å². The van der Waals surface area contributed by atoms with Crippen molar-refractivity contribution in [3.05, 3.63) is 46.2 Å². The van der Waals surface area contributed by atoms with Gasteiger partial charge in [0.05, 0.1) is 22.3 Å². The summed E-state index contributed by atoms with van der Waals surface area (Å²) in [6.45, 7) is 1.83. The molecule has 0 spiro atoms. The number of hydrogen-bond acceptors (Lipinski definition) is 5. The highest BCUT2D eigenvalue weighted by Gasteiger charge is 2.19. The second kappa shape index (κ2) is 4.61. The number of rotatable bonds is 1. The van der Waals surface area contributed by atoms with Crippen molar-refractivity contribution in [2.75, 3.05) is 11.6 Å². The number of hydrogen-bond donors (Lipinski definition) is 2. The van der Waals surface area contributed by atoms with E-state index in [0.717, 1.165) is 10.4 Å². The van der Waals surface area contributed by atoms with Gasteiger partial charge in [0, 0.05) is 0 Å². The van der Waals surface area contributed by atoms with Crippen molar-refractivity contribution in [2.45, 2.75) is 6.92 Å². The van der Waals surface area contributed by atoms with Gasteiger partial charge in [-0.1, -0.05) is 30.4 Å². The Kier molecular flexibility index (Phi) is 2.89. The fourth-order valence-electron chi connectivity index (χ4n) is 2.35. The normalized spacial score (nSPS) is 10.7. The number of nitrogen functional groups attached to an aromatic ring is 2. The van der Waals surface area contributed by atoms with Crippen molar-refractivity contribution in [3.8, 4) is 11.8 Å². The molecule has 2 aromatic heterocycles. The Labute approximate surface area is 125 Å². The molecule has 4 N–H and O–H groups in total. The predicted octanol–water partition coefficient (Wildman–Crippen LogP) is 2.03. The monoisotopic (exact) mass is 296 g/mol. The predicted molar refractivity (Wildman–Crippen MR) is 83.9 cm³/mol. The quantitative estimate of drug-likeness (QED) is 0.529. The smallest absolute Gasteiger partial charge is 0.143 e. The molecule has 0 aliphatic carbocycles. The van der Waals surface area contributed by atoms with Crippen molar-refractivity contribution in [1.82, 2.24) is 14.5 Å². The molecule has 0 fully saturated rings. The first-order valence-electron chi connectivity index (χ1n) is 6.20. The molecular formula is C14H12N6S. The Balaban J connectivity index is 2.57. The molecule has 1 aromatic carbocycles. The lowest BCUT2D eigenvalue weighted by molar-refractivity contribution is 0.887. The van der Waals surface area contributed by atoms with E-state index in [1.54, 1.807) is 4.68 Å². The topological polar surface area (TPSA) is 98.6 Å². The summed E-state index contributed by atoms with van der Waals surface area (Å²) in [5.74, 6) is 5.97. The van der Waals surface area contributed by atoms with Crippen LogP contribution in [0.25, 0.3) is 16.6 Å². The zero-order valence-electron chi connectivity index (χ0n) is 11.2. The number of para-hydroxylation sites is 1. The molecule has 0 saturated heterocycles. The van der Waals surface area contributed by atoms with Gasteiger partial charge in [-0.05, 0) is 19.1 Å². The van der Waals surface area contributed by atoms with E-state index in [1.807, 2.05) is 37.3 Å².